The summed E-state index contributed by atoms with van der Waals surface area (Å²) in [6.45, 7) is -0.348. The van der Waals surface area contributed by atoms with Crippen molar-refractivity contribution < 1.29 is 27.5 Å². The van der Waals surface area contributed by atoms with Crippen LogP contribution in [0, 0.1) is 0 Å². The Bertz CT molecular complexity index is 744. The van der Waals surface area contributed by atoms with Gasteiger partial charge in [0.1, 0.15) is 6.54 Å². The van der Waals surface area contributed by atoms with Crippen molar-refractivity contribution in [3.8, 4) is 0 Å². The molecule has 2 N–H and O–H groups in total. The van der Waals surface area contributed by atoms with Gasteiger partial charge < -0.3 is 10.1 Å². The van der Waals surface area contributed by atoms with E-state index in [0.29, 0.717) is 0 Å². The number of anilines is 2. The maximum absolute atomic E-state index is 12.6. The molecule has 1 aromatic heterocycles. The van der Waals surface area contributed by atoms with E-state index < -0.39 is 23.7 Å². The summed E-state index contributed by atoms with van der Waals surface area (Å²) in [6, 6.07) is 4.23. The molecule has 1 heterocycles. The minimum Gasteiger partial charge on any atom is -0.453 e. The van der Waals surface area contributed by atoms with Gasteiger partial charge in [-0.15, -0.1) is 5.10 Å². The molecular formula is C13H12F3N5O3. The number of nitrogens with zero attached hydrogens (tertiary/aromatic N) is 3. The van der Waals surface area contributed by atoms with Crippen LogP contribution in [0.4, 0.5) is 29.5 Å². The SMILES string of the molecule is COC(=O)Nc1cnn(CC(=O)Nc2cccc(C(F)(F)F)c2)n1. The largest absolute Gasteiger partial charge is 0.453 e. The van der Waals surface area contributed by atoms with E-state index >= 15 is 0 Å². The highest BCUT2D eigenvalue weighted by Crippen LogP contribution is 2.30. The Morgan fingerprint density at radius 3 is 2.71 bits per heavy atom. The number of carbonyl (C=O) groups is 2. The van der Waals surface area contributed by atoms with E-state index in [-0.39, 0.29) is 18.1 Å². The van der Waals surface area contributed by atoms with Gasteiger partial charge in [-0.2, -0.15) is 23.1 Å². The van der Waals surface area contributed by atoms with E-state index in [2.05, 4.69) is 25.6 Å². The Morgan fingerprint density at radius 2 is 2.04 bits per heavy atom. The van der Waals surface area contributed by atoms with E-state index in [9.17, 15) is 22.8 Å². The van der Waals surface area contributed by atoms with Gasteiger partial charge >= 0.3 is 12.3 Å². The zero-order chi connectivity index (χ0) is 17.7. The molecule has 0 unspecified atom stereocenters. The highest BCUT2D eigenvalue weighted by molar-refractivity contribution is 5.90. The third-order valence-corrected chi connectivity index (χ3v) is 2.71. The van der Waals surface area contributed by atoms with Crippen LogP contribution in [0.5, 0.6) is 0 Å². The third-order valence-electron chi connectivity index (χ3n) is 2.71. The third kappa shape index (κ3) is 4.69. The maximum Gasteiger partial charge on any atom is 0.416 e. The Kier molecular flexibility index (Phi) is 5.02. The number of carbonyl (C=O) groups excluding carboxylic acids is 2. The van der Waals surface area contributed by atoms with Gasteiger partial charge in [-0.1, -0.05) is 6.07 Å². The van der Waals surface area contributed by atoms with Gasteiger partial charge in [0.2, 0.25) is 5.91 Å². The van der Waals surface area contributed by atoms with Crippen molar-refractivity contribution in [2.75, 3.05) is 17.7 Å². The number of alkyl halides is 3. The number of nitrogens with one attached hydrogen (secondary N) is 2. The van der Waals surface area contributed by atoms with Crippen LogP contribution in [0.2, 0.25) is 0 Å². The molecule has 24 heavy (non-hydrogen) atoms. The van der Waals surface area contributed by atoms with Crippen LogP contribution in [0.1, 0.15) is 5.56 Å². The van der Waals surface area contributed by atoms with E-state index in [0.717, 1.165) is 16.9 Å². The van der Waals surface area contributed by atoms with Crippen LogP contribution >= 0.6 is 0 Å². The van der Waals surface area contributed by atoms with Gasteiger partial charge in [0.05, 0.1) is 18.9 Å². The number of ether oxygens (including phenoxy) is 1. The lowest BCUT2D eigenvalue weighted by Crippen LogP contribution is -2.21. The highest BCUT2D eigenvalue weighted by Gasteiger charge is 2.30. The normalized spacial score (nSPS) is 11.0. The first-order valence-electron chi connectivity index (χ1n) is 6.50. The van der Waals surface area contributed by atoms with Gasteiger partial charge in [-0.25, -0.2) is 4.79 Å². The molecule has 2 rings (SSSR count). The van der Waals surface area contributed by atoms with Gasteiger partial charge in [-0.05, 0) is 18.2 Å². The van der Waals surface area contributed by atoms with E-state index in [1.54, 1.807) is 0 Å². The number of halogens is 3. The number of amides is 2. The lowest BCUT2D eigenvalue weighted by Gasteiger charge is -2.09. The lowest BCUT2D eigenvalue weighted by atomic mass is 10.2. The fourth-order valence-electron chi connectivity index (χ4n) is 1.69. The van der Waals surface area contributed by atoms with Gasteiger partial charge in [0.25, 0.3) is 0 Å². The second-order valence-corrected chi connectivity index (χ2v) is 4.50. The molecule has 0 saturated carbocycles. The monoisotopic (exact) mass is 343 g/mol. The summed E-state index contributed by atoms with van der Waals surface area (Å²) in [5, 5.41) is 12.1. The van der Waals surface area contributed by atoms with Crippen molar-refractivity contribution in [1.29, 1.82) is 0 Å². The maximum atomic E-state index is 12.6. The number of hydrogen-bond donors (Lipinski definition) is 2. The molecule has 0 aliphatic rings. The zero-order valence-corrected chi connectivity index (χ0v) is 12.3. The number of rotatable bonds is 4. The molecule has 0 aliphatic carbocycles. The van der Waals surface area contributed by atoms with Crippen molar-refractivity contribution in [2.45, 2.75) is 12.7 Å². The predicted molar refractivity (Wildman–Crippen MR) is 76.1 cm³/mol. The summed E-state index contributed by atoms with van der Waals surface area (Å²) >= 11 is 0. The fourth-order valence-corrected chi connectivity index (χ4v) is 1.69. The summed E-state index contributed by atoms with van der Waals surface area (Å²) < 4.78 is 42.2. The molecule has 0 radical (unpaired) electrons. The van der Waals surface area contributed by atoms with Gasteiger partial charge in [0, 0.05) is 5.69 Å². The molecule has 0 fully saturated rings. The number of hydrogen-bond acceptors (Lipinski definition) is 5. The first kappa shape index (κ1) is 17.2. The highest BCUT2D eigenvalue weighted by atomic mass is 19.4. The van der Waals surface area contributed by atoms with Crippen LogP contribution in [0.3, 0.4) is 0 Å². The Hall–Kier alpha value is -3.11. The van der Waals surface area contributed by atoms with E-state index in [4.69, 9.17) is 0 Å². The zero-order valence-electron chi connectivity index (χ0n) is 12.3. The molecule has 2 aromatic rings. The lowest BCUT2D eigenvalue weighted by molar-refractivity contribution is -0.137. The summed E-state index contributed by atoms with van der Waals surface area (Å²) in [5.41, 5.74) is -0.878. The average Bonchev–Trinajstić information content (AvgIpc) is 2.93. The Morgan fingerprint density at radius 1 is 1.29 bits per heavy atom. The molecule has 0 bridgehead atoms. The van der Waals surface area contributed by atoms with Crippen LogP contribution in [0.25, 0.3) is 0 Å². The molecule has 0 atom stereocenters. The average molecular weight is 343 g/mol. The van der Waals surface area contributed by atoms with Crippen molar-refractivity contribution >= 4 is 23.5 Å². The number of benzene rings is 1. The molecule has 2 amide bonds. The second-order valence-electron chi connectivity index (χ2n) is 4.50. The van der Waals surface area contributed by atoms with Crippen LogP contribution in [-0.2, 0) is 22.3 Å². The van der Waals surface area contributed by atoms with Crippen LogP contribution in [0.15, 0.2) is 30.5 Å². The standard InChI is InChI=1S/C13H12F3N5O3/c1-24-12(23)19-10-6-17-21(20-10)7-11(22)18-9-4-2-3-8(5-9)13(14,15)16/h2-6H,7H2,1H3,(H,18,22)(H,19,20,23). The van der Waals surface area contributed by atoms with E-state index in [1.165, 1.54) is 25.4 Å². The first-order chi connectivity index (χ1) is 11.3. The van der Waals surface area contributed by atoms with Crippen molar-refractivity contribution in [3.05, 3.63) is 36.0 Å². The quantitative estimate of drug-likeness (QED) is 0.886. The van der Waals surface area contributed by atoms with E-state index in [1.807, 2.05) is 0 Å². The smallest absolute Gasteiger partial charge is 0.416 e. The molecule has 8 nitrogen and oxygen atoms in total. The molecule has 0 aliphatic heterocycles. The van der Waals surface area contributed by atoms with Crippen molar-refractivity contribution in [1.82, 2.24) is 15.0 Å². The molecule has 1 aromatic carbocycles. The van der Waals surface area contributed by atoms with Gasteiger partial charge in [0.15, 0.2) is 5.82 Å². The fraction of sp³-hybridized carbons (Fsp3) is 0.231. The van der Waals surface area contributed by atoms with Crippen LogP contribution < -0.4 is 10.6 Å². The molecule has 0 spiro atoms. The summed E-state index contributed by atoms with van der Waals surface area (Å²) in [5.74, 6) is -0.566. The minimum atomic E-state index is -4.50. The van der Waals surface area contributed by atoms with Crippen molar-refractivity contribution in [2.24, 2.45) is 0 Å². The first-order valence-corrected chi connectivity index (χ1v) is 6.50. The molecule has 128 valence electrons. The van der Waals surface area contributed by atoms with Crippen molar-refractivity contribution in [3.63, 3.8) is 0 Å². The Labute approximate surface area is 133 Å². The van der Waals surface area contributed by atoms with Crippen LogP contribution in [-0.4, -0.2) is 34.1 Å². The van der Waals surface area contributed by atoms with Gasteiger partial charge in [-0.3, -0.25) is 10.1 Å². The molecule has 0 saturated heterocycles. The Balaban J connectivity index is 1.97. The summed E-state index contributed by atoms with van der Waals surface area (Å²) in [6.07, 6.45) is -4.07. The number of aromatic nitrogens is 3. The summed E-state index contributed by atoms with van der Waals surface area (Å²) in [4.78, 5) is 23.8. The second kappa shape index (κ2) is 6.98. The predicted octanol–water partition coefficient (Wildman–Crippen LogP) is 2.11. The summed E-state index contributed by atoms with van der Waals surface area (Å²) in [7, 11) is 1.17. The molecule has 11 heteroatoms. The minimum absolute atomic E-state index is 0.00473. The molecular weight excluding hydrogens is 331 g/mol. The number of methoxy groups -OCH3 is 1. The topological polar surface area (TPSA) is 98.1 Å².